The summed E-state index contributed by atoms with van der Waals surface area (Å²) in [7, 11) is 0. The molecule has 0 aliphatic heterocycles. The van der Waals surface area contributed by atoms with Crippen molar-refractivity contribution in [2.75, 3.05) is 0 Å². The lowest BCUT2D eigenvalue weighted by Gasteiger charge is -2.38. The maximum atomic E-state index is 3.87. The fourth-order valence-corrected chi connectivity index (χ4v) is 4.41. The van der Waals surface area contributed by atoms with Crippen molar-refractivity contribution in [1.82, 2.24) is 5.32 Å². The van der Waals surface area contributed by atoms with E-state index in [2.05, 4.69) is 43.4 Å². The van der Waals surface area contributed by atoms with Gasteiger partial charge in [-0.3, -0.25) is 0 Å². The highest BCUT2D eigenvalue weighted by Gasteiger charge is 2.37. The predicted molar refractivity (Wildman–Crippen MR) is 85.9 cm³/mol. The third kappa shape index (κ3) is 3.09. The van der Waals surface area contributed by atoms with Crippen LogP contribution in [-0.4, -0.2) is 6.04 Å². The maximum absolute atomic E-state index is 3.87. The average Bonchev–Trinajstić information content (AvgIpc) is 2.90. The van der Waals surface area contributed by atoms with Crippen molar-refractivity contribution in [2.45, 2.75) is 77.3 Å². The van der Waals surface area contributed by atoms with Gasteiger partial charge in [0.05, 0.1) is 0 Å². The monoisotopic (exact) mass is 271 g/mol. The van der Waals surface area contributed by atoms with Gasteiger partial charge in [0.1, 0.15) is 0 Å². The summed E-state index contributed by atoms with van der Waals surface area (Å²) in [5.41, 5.74) is 3.56. The van der Waals surface area contributed by atoms with Crippen LogP contribution in [0.3, 0.4) is 0 Å². The van der Waals surface area contributed by atoms with Crippen LogP contribution >= 0.6 is 0 Å². The highest BCUT2D eigenvalue weighted by atomic mass is 14.9. The summed E-state index contributed by atoms with van der Waals surface area (Å²) in [5, 5.41) is 3.87. The van der Waals surface area contributed by atoms with Crippen LogP contribution in [0, 0.1) is 12.3 Å². The molecule has 3 rings (SSSR count). The van der Waals surface area contributed by atoms with Gasteiger partial charge in [0.25, 0.3) is 0 Å². The Hall–Kier alpha value is -0.820. The van der Waals surface area contributed by atoms with Crippen molar-refractivity contribution in [3.05, 3.63) is 35.4 Å². The standard InChI is InChI=1S/C19H29N/c1-15-6-5-7-17(14-15)16(2)20-18-8-12-19(13-9-18)10-3-4-11-19/h5-7,14,16,18,20H,3-4,8-13H2,1-2H3/t16-/m0/s1. The van der Waals surface area contributed by atoms with Crippen LogP contribution in [-0.2, 0) is 0 Å². The lowest BCUT2D eigenvalue weighted by molar-refractivity contribution is 0.164. The molecular formula is C19H29N. The van der Waals surface area contributed by atoms with Crippen molar-refractivity contribution in [3.63, 3.8) is 0 Å². The summed E-state index contributed by atoms with van der Waals surface area (Å²) in [6, 6.07) is 10.2. The molecule has 1 nitrogen and oxygen atoms in total. The van der Waals surface area contributed by atoms with Gasteiger partial charge in [0.15, 0.2) is 0 Å². The van der Waals surface area contributed by atoms with Crippen molar-refractivity contribution < 1.29 is 0 Å². The molecule has 0 heterocycles. The first-order valence-corrected chi connectivity index (χ1v) is 8.50. The number of nitrogens with one attached hydrogen (secondary N) is 1. The summed E-state index contributed by atoms with van der Waals surface area (Å²) in [4.78, 5) is 0. The zero-order chi connectivity index (χ0) is 14.0. The van der Waals surface area contributed by atoms with Crippen LogP contribution in [0.1, 0.15) is 75.5 Å². The molecule has 2 aliphatic carbocycles. The molecular weight excluding hydrogens is 242 g/mol. The van der Waals surface area contributed by atoms with Gasteiger partial charge in [0.2, 0.25) is 0 Å². The summed E-state index contributed by atoms with van der Waals surface area (Å²) in [6.45, 7) is 4.50. The SMILES string of the molecule is Cc1cccc([C@H](C)NC2CCC3(CCCC3)CC2)c1. The second-order valence-electron chi connectivity index (χ2n) is 7.28. The zero-order valence-corrected chi connectivity index (χ0v) is 13.1. The van der Waals surface area contributed by atoms with E-state index in [4.69, 9.17) is 0 Å². The minimum atomic E-state index is 0.484. The van der Waals surface area contributed by atoms with Crippen molar-refractivity contribution in [3.8, 4) is 0 Å². The third-order valence-electron chi connectivity index (χ3n) is 5.74. The van der Waals surface area contributed by atoms with Gasteiger partial charge < -0.3 is 5.32 Å². The lowest BCUT2D eigenvalue weighted by atomic mass is 9.71. The van der Waals surface area contributed by atoms with E-state index in [1.54, 1.807) is 0 Å². The van der Waals surface area contributed by atoms with Gasteiger partial charge in [-0.15, -0.1) is 0 Å². The van der Waals surface area contributed by atoms with Gasteiger partial charge in [-0.25, -0.2) is 0 Å². The lowest BCUT2D eigenvalue weighted by Crippen LogP contribution is -2.37. The molecule has 0 aromatic heterocycles. The number of hydrogen-bond donors (Lipinski definition) is 1. The molecule has 1 N–H and O–H groups in total. The smallest absolute Gasteiger partial charge is 0.0294 e. The van der Waals surface area contributed by atoms with Crippen LogP contribution in [0.25, 0.3) is 0 Å². The molecule has 0 radical (unpaired) electrons. The quantitative estimate of drug-likeness (QED) is 0.801. The van der Waals surface area contributed by atoms with Gasteiger partial charge in [-0.1, -0.05) is 42.7 Å². The molecule has 0 amide bonds. The van der Waals surface area contributed by atoms with E-state index in [-0.39, 0.29) is 0 Å². The first-order chi connectivity index (χ1) is 9.67. The van der Waals surface area contributed by atoms with E-state index < -0.39 is 0 Å². The molecule has 0 bridgehead atoms. The van der Waals surface area contributed by atoms with Gasteiger partial charge in [-0.05, 0) is 63.4 Å². The zero-order valence-electron chi connectivity index (χ0n) is 13.1. The average molecular weight is 271 g/mol. The molecule has 0 unspecified atom stereocenters. The van der Waals surface area contributed by atoms with Crippen LogP contribution in [0.4, 0.5) is 0 Å². The highest BCUT2D eigenvalue weighted by molar-refractivity contribution is 5.24. The van der Waals surface area contributed by atoms with E-state index in [1.165, 1.54) is 62.5 Å². The van der Waals surface area contributed by atoms with Crippen molar-refractivity contribution in [1.29, 1.82) is 0 Å². The fraction of sp³-hybridized carbons (Fsp3) is 0.684. The molecule has 20 heavy (non-hydrogen) atoms. The molecule has 1 spiro atoms. The largest absolute Gasteiger partial charge is 0.307 e. The molecule has 1 aromatic rings. The van der Waals surface area contributed by atoms with E-state index in [0.717, 1.165) is 11.5 Å². The number of benzene rings is 1. The van der Waals surface area contributed by atoms with Crippen LogP contribution in [0.2, 0.25) is 0 Å². The third-order valence-corrected chi connectivity index (χ3v) is 5.74. The van der Waals surface area contributed by atoms with E-state index in [9.17, 15) is 0 Å². The normalized spacial score (nSPS) is 24.1. The molecule has 1 heteroatoms. The first-order valence-electron chi connectivity index (χ1n) is 8.50. The molecule has 2 saturated carbocycles. The number of aryl methyl sites for hydroxylation is 1. The Bertz CT molecular complexity index is 435. The van der Waals surface area contributed by atoms with E-state index in [0.29, 0.717) is 6.04 Å². The molecule has 0 saturated heterocycles. The molecule has 1 aromatic carbocycles. The van der Waals surface area contributed by atoms with Gasteiger partial charge >= 0.3 is 0 Å². The minimum Gasteiger partial charge on any atom is -0.307 e. The van der Waals surface area contributed by atoms with Crippen LogP contribution in [0.5, 0.6) is 0 Å². The van der Waals surface area contributed by atoms with Gasteiger partial charge in [-0.2, -0.15) is 0 Å². The van der Waals surface area contributed by atoms with E-state index in [1.807, 2.05) is 0 Å². The summed E-state index contributed by atoms with van der Waals surface area (Å²) >= 11 is 0. The Kier molecular flexibility index (Phi) is 4.16. The highest BCUT2D eigenvalue weighted by Crippen LogP contribution is 2.49. The number of rotatable bonds is 3. The summed E-state index contributed by atoms with van der Waals surface area (Å²) in [6.07, 6.45) is 11.7. The fourth-order valence-electron chi connectivity index (χ4n) is 4.41. The van der Waals surface area contributed by atoms with Crippen molar-refractivity contribution in [2.24, 2.45) is 5.41 Å². The van der Waals surface area contributed by atoms with Crippen molar-refractivity contribution >= 4 is 0 Å². The topological polar surface area (TPSA) is 12.0 Å². The van der Waals surface area contributed by atoms with Crippen LogP contribution < -0.4 is 5.32 Å². The van der Waals surface area contributed by atoms with Gasteiger partial charge in [0, 0.05) is 12.1 Å². The molecule has 2 aliphatic rings. The molecule has 2 fully saturated rings. The predicted octanol–water partition coefficient (Wildman–Crippen LogP) is 5.15. The first kappa shape index (κ1) is 14.1. The Morgan fingerprint density at radius 3 is 2.45 bits per heavy atom. The minimum absolute atomic E-state index is 0.484. The summed E-state index contributed by atoms with van der Waals surface area (Å²) < 4.78 is 0. The van der Waals surface area contributed by atoms with Crippen LogP contribution in [0.15, 0.2) is 24.3 Å². The Morgan fingerprint density at radius 1 is 1.10 bits per heavy atom. The Balaban J connectivity index is 1.54. The summed E-state index contributed by atoms with van der Waals surface area (Å²) in [5.74, 6) is 0. The molecule has 1 atom stereocenters. The van der Waals surface area contributed by atoms with E-state index >= 15 is 0 Å². The second-order valence-corrected chi connectivity index (χ2v) is 7.28. The Morgan fingerprint density at radius 2 is 1.80 bits per heavy atom. The Labute approximate surface area is 124 Å². The number of hydrogen-bond acceptors (Lipinski definition) is 1. The second kappa shape index (κ2) is 5.89. The maximum Gasteiger partial charge on any atom is 0.0294 e. The molecule has 110 valence electrons.